The number of aromatic nitrogens is 1. The Morgan fingerprint density at radius 3 is 2.00 bits per heavy atom. The van der Waals surface area contributed by atoms with Gasteiger partial charge in [-0.1, -0.05) is 34.8 Å². The highest BCUT2D eigenvalue weighted by Gasteiger charge is 2.48. The summed E-state index contributed by atoms with van der Waals surface area (Å²) < 4.78 is 41.9. The minimum Gasteiger partial charge on any atom is -0.356 e. The SMILES string of the molecule is CN(C)C(=O)c1ccc(N2CCC(SC3CCN(C(=O)[C@H](c4cc(Cl)cc(Cl)c4)C(F)(F)F)CC3)CC2)nc1Cl. The van der Waals surface area contributed by atoms with Gasteiger partial charge in [-0.15, -0.1) is 0 Å². The highest BCUT2D eigenvalue weighted by Crippen LogP contribution is 2.40. The van der Waals surface area contributed by atoms with Crippen LogP contribution in [0.5, 0.6) is 0 Å². The second kappa shape index (κ2) is 13.0. The van der Waals surface area contributed by atoms with Crippen molar-refractivity contribution in [1.82, 2.24) is 14.8 Å². The number of nitrogens with zero attached hydrogens (tertiary/aromatic N) is 4. The van der Waals surface area contributed by atoms with Crippen molar-refractivity contribution >= 4 is 64.2 Å². The first-order valence-electron chi connectivity index (χ1n) is 12.9. The molecule has 0 aliphatic carbocycles. The molecule has 3 heterocycles. The van der Waals surface area contributed by atoms with E-state index in [1.165, 1.54) is 15.9 Å². The van der Waals surface area contributed by atoms with Crippen LogP contribution in [0.2, 0.25) is 15.2 Å². The molecular weight excluding hydrogens is 608 g/mol. The number of carbonyl (C=O) groups is 2. The number of benzene rings is 1. The fourth-order valence-electron chi connectivity index (χ4n) is 5.10. The zero-order valence-electron chi connectivity index (χ0n) is 22.1. The molecule has 0 bridgehead atoms. The number of hydrogen-bond donors (Lipinski definition) is 0. The number of halogens is 6. The van der Waals surface area contributed by atoms with Crippen molar-refractivity contribution in [3.05, 3.63) is 56.7 Å². The molecule has 0 saturated carbocycles. The smallest absolute Gasteiger partial charge is 0.356 e. The number of rotatable bonds is 6. The molecule has 4 rings (SSSR count). The molecule has 0 spiro atoms. The summed E-state index contributed by atoms with van der Waals surface area (Å²) in [5, 5.41) is 0.974. The zero-order valence-corrected chi connectivity index (χ0v) is 25.1. The van der Waals surface area contributed by atoms with Gasteiger partial charge in [-0.05, 0) is 61.6 Å². The summed E-state index contributed by atoms with van der Waals surface area (Å²) >= 11 is 20.0. The van der Waals surface area contributed by atoms with E-state index in [0.29, 0.717) is 23.7 Å². The molecule has 6 nitrogen and oxygen atoms in total. The summed E-state index contributed by atoms with van der Waals surface area (Å²) in [4.78, 5) is 34.6. The topological polar surface area (TPSA) is 56.8 Å². The van der Waals surface area contributed by atoms with Crippen LogP contribution in [0.4, 0.5) is 19.0 Å². The lowest BCUT2D eigenvalue weighted by molar-refractivity contribution is -0.172. The summed E-state index contributed by atoms with van der Waals surface area (Å²) in [7, 11) is 3.32. The average molecular weight is 638 g/mol. The van der Waals surface area contributed by atoms with Crippen LogP contribution in [0.3, 0.4) is 0 Å². The first kappa shape index (κ1) is 31.1. The maximum atomic E-state index is 14.0. The van der Waals surface area contributed by atoms with Crippen LogP contribution in [-0.2, 0) is 4.79 Å². The average Bonchev–Trinajstić information content (AvgIpc) is 2.88. The number of alkyl halides is 3. The van der Waals surface area contributed by atoms with E-state index in [4.69, 9.17) is 34.8 Å². The van der Waals surface area contributed by atoms with E-state index in [0.717, 1.165) is 43.9 Å². The number of hydrogen-bond acceptors (Lipinski definition) is 5. The minimum absolute atomic E-state index is 0.0565. The lowest BCUT2D eigenvalue weighted by Crippen LogP contribution is -2.45. The van der Waals surface area contributed by atoms with Crippen molar-refractivity contribution in [1.29, 1.82) is 0 Å². The van der Waals surface area contributed by atoms with Gasteiger partial charge in [0.05, 0.1) is 5.56 Å². The maximum absolute atomic E-state index is 14.0. The first-order chi connectivity index (χ1) is 18.8. The highest BCUT2D eigenvalue weighted by molar-refractivity contribution is 8.00. The quantitative estimate of drug-likeness (QED) is 0.327. The number of carbonyl (C=O) groups excluding carboxylic acids is 2. The zero-order chi connectivity index (χ0) is 29.2. The Morgan fingerprint density at radius 2 is 1.50 bits per heavy atom. The third kappa shape index (κ3) is 7.49. The Hall–Kier alpha value is -1.88. The van der Waals surface area contributed by atoms with Crippen molar-refractivity contribution in [3.63, 3.8) is 0 Å². The Labute approximate surface area is 251 Å². The van der Waals surface area contributed by atoms with Gasteiger partial charge in [-0.25, -0.2) is 4.98 Å². The van der Waals surface area contributed by atoms with Crippen LogP contribution in [0.1, 0.15) is 47.5 Å². The van der Waals surface area contributed by atoms with Gasteiger partial charge in [0.2, 0.25) is 5.91 Å². The summed E-state index contributed by atoms with van der Waals surface area (Å²) in [6, 6.07) is 7.16. The molecule has 0 radical (unpaired) electrons. The van der Waals surface area contributed by atoms with Crippen molar-refractivity contribution in [3.8, 4) is 0 Å². The van der Waals surface area contributed by atoms with Crippen molar-refractivity contribution < 1.29 is 22.8 Å². The van der Waals surface area contributed by atoms with Crippen molar-refractivity contribution in [2.24, 2.45) is 0 Å². The molecule has 1 aromatic heterocycles. The molecule has 218 valence electrons. The molecule has 2 amide bonds. The summed E-state index contributed by atoms with van der Waals surface area (Å²) in [6.07, 6.45) is -1.64. The monoisotopic (exact) mass is 636 g/mol. The Bertz CT molecular complexity index is 1210. The van der Waals surface area contributed by atoms with E-state index >= 15 is 0 Å². The number of likely N-dealkylation sites (tertiary alicyclic amines) is 1. The van der Waals surface area contributed by atoms with Crippen LogP contribution >= 0.6 is 46.6 Å². The van der Waals surface area contributed by atoms with Crippen molar-refractivity contribution in [2.45, 2.75) is 48.3 Å². The van der Waals surface area contributed by atoms with E-state index in [1.54, 1.807) is 20.2 Å². The molecule has 1 atom stereocenters. The van der Waals surface area contributed by atoms with Crippen molar-refractivity contribution in [2.75, 3.05) is 45.2 Å². The molecule has 1 aromatic carbocycles. The van der Waals surface area contributed by atoms with Crippen LogP contribution < -0.4 is 4.90 Å². The van der Waals surface area contributed by atoms with Gasteiger partial charge in [-0.2, -0.15) is 24.9 Å². The van der Waals surface area contributed by atoms with Gasteiger partial charge in [0, 0.05) is 60.8 Å². The third-order valence-electron chi connectivity index (χ3n) is 7.17. The molecule has 0 N–H and O–H groups in total. The second-order valence-corrected chi connectivity index (χ2v) is 13.1. The number of pyridine rings is 1. The Morgan fingerprint density at radius 1 is 0.950 bits per heavy atom. The van der Waals surface area contributed by atoms with Gasteiger partial charge in [0.15, 0.2) is 5.92 Å². The standard InChI is InChI=1S/C27H30Cl3F3N4O2S/c1-35(2)25(38)21-3-4-22(34-24(21)30)36-9-5-19(6-10-36)40-20-7-11-37(12-8-20)26(39)23(27(31,32)33)16-13-17(28)15-18(29)14-16/h3-4,13-15,19-20,23H,5-12H2,1-2H3/t23-/m0/s1. The highest BCUT2D eigenvalue weighted by atomic mass is 35.5. The van der Waals surface area contributed by atoms with Crippen LogP contribution in [0.25, 0.3) is 0 Å². The Balaban J connectivity index is 1.29. The van der Waals surface area contributed by atoms with E-state index in [-0.39, 0.29) is 45.0 Å². The summed E-state index contributed by atoms with van der Waals surface area (Å²) in [5.41, 5.74) is 0.122. The van der Waals surface area contributed by atoms with Crippen LogP contribution in [0.15, 0.2) is 30.3 Å². The van der Waals surface area contributed by atoms with Crippen LogP contribution in [-0.4, -0.2) is 83.5 Å². The number of amides is 2. The molecule has 2 aliphatic rings. The van der Waals surface area contributed by atoms with E-state index < -0.39 is 18.0 Å². The molecule has 2 aromatic rings. The molecule has 2 aliphatic heterocycles. The predicted octanol–water partition coefficient (Wildman–Crippen LogP) is 6.78. The predicted molar refractivity (Wildman–Crippen MR) is 155 cm³/mol. The fraction of sp³-hybridized carbons (Fsp3) is 0.519. The lowest BCUT2D eigenvalue weighted by atomic mass is 9.95. The van der Waals surface area contributed by atoms with E-state index in [9.17, 15) is 22.8 Å². The number of anilines is 1. The van der Waals surface area contributed by atoms with Gasteiger partial charge in [0.1, 0.15) is 11.0 Å². The third-order valence-corrected chi connectivity index (χ3v) is 9.60. The molecule has 2 fully saturated rings. The summed E-state index contributed by atoms with van der Waals surface area (Å²) in [5.74, 6) is -2.73. The second-order valence-electron chi connectivity index (χ2n) is 10.2. The van der Waals surface area contributed by atoms with E-state index in [2.05, 4.69) is 9.88 Å². The maximum Gasteiger partial charge on any atom is 0.404 e. The van der Waals surface area contributed by atoms with Gasteiger partial charge in [-0.3, -0.25) is 9.59 Å². The minimum atomic E-state index is -4.76. The largest absolute Gasteiger partial charge is 0.404 e. The summed E-state index contributed by atoms with van der Waals surface area (Å²) in [6.45, 7) is 2.12. The normalized spacial score (nSPS) is 18.1. The van der Waals surface area contributed by atoms with Gasteiger partial charge < -0.3 is 14.7 Å². The molecular formula is C27H30Cl3F3N4O2S. The molecule has 40 heavy (non-hydrogen) atoms. The Kier molecular flexibility index (Phi) is 10.1. The molecule has 13 heteroatoms. The van der Waals surface area contributed by atoms with Gasteiger partial charge in [0.25, 0.3) is 5.91 Å². The fourth-order valence-corrected chi connectivity index (χ4v) is 7.39. The van der Waals surface area contributed by atoms with E-state index in [1.807, 2.05) is 17.8 Å². The molecule has 0 unspecified atom stereocenters. The molecule has 2 saturated heterocycles. The number of piperidine rings is 2. The van der Waals surface area contributed by atoms with Gasteiger partial charge >= 0.3 is 6.18 Å². The lowest BCUT2D eigenvalue weighted by Gasteiger charge is -2.38. The van der Waals surface area contributed by atoms with Crippen LogP contribution in [0, 0.1) is 0 Å². The first-order valence-corrected chi connectivity index (χ1v) is 15.0. The number of thioether (sulfide) groups is 1.